The third-order valence-corrected chi connectivity index (χ3v) is 9.93. The fraction of sp³-hybridized carbons (Fsp3) is 0.600. The number of carbonyl (C=O) groups excluding carboxylic acids is 2. The number of nitrogens with zero attached hydrogens (tertiary/aromatic N) is 2. The molecule has 0 atom stereocenters. The fourth-order valence-electron chi connectivity index (χ4n) is 6.03. The summed E-state index contributed by atoms with van der Waals surface area (Å²) in [6.07, 6.45) is -1.72. The van der Waals surface area contributed by atoms with Crippen LogP contribution in [0.3, 0.4) is 0 Å². The van der Waals surface area contributed by atoms with Gasteiger partial charge in [-0.05, 0) is 49.4 Å². The summed E-state index contributed by atoms with van der Waals surface area (Å²) < 4.78 is 65.3. The second-order valence-corrected chi connectivity index (χ2v) is 12.7. The lowest BCUT2D eigenvalue weighted by molar-refractivity contribution is -0.152. The minimum absolute atomic E-state index is 0.0553. The highest BCUT2D eigenvalue weighted by Crippen LogP contribution is 2.47. The summed E-state index contributed by atoms with van der Waals surface area (Å²) in [5, 5.41) is 0. The third kappa shape index (κ3) is 4.66. The standard InChI is InChI=1S/C25H31F3N2O5S/c1-16-21(22(31)30-9-4-17-2-3-19(25(26,27)28)14-18(17)15-30)24(35-23(16)32)7-10-29(11-8-24)20-5-12-36(33,34)13-6-20/h2-3,14,20,33-34H,4-13,15H2,1H3. The number of halogens is 3. The second-order valence-electron chi connectivity index (χ2n) is 10.3. The van der Waals surface area contributed by atoms with Crippen molar-refractivity contribution in [1.29, 1.82) is 0 Å². The van der Waals surface area contributed by atoms with Gasteiger partial charge in [-0.15, -0.1) is 0 Å². The van der Waals surface area contributed by atoms with Crippen LogP contribution in [0.1, 0.15) is 49.3 Å². The first-order valence-corrected chi connectivity index (χ1v) is 14.2. The molecule has 0 saturated carbocycles. The number of alkyl halides is 3. The Morgan fingerprint density at radius 1 is 1.11 bits per heavy atom. The number of likely N-dealkylation sites (tertiary alicyclic amines) is 1. The molecule has 1 aromatic carbocycles. The van der Waals surface area contributed by atoms with E-state index >= 15 is 0 Å². The first kappa shape index (κ1) is 25.6. The molecule has 2 saturated heterocycles. The highest BCUT2D eigenvalue weighted by Gasteiger charge is 2.52. The molecule has 1 amide bonds. The molecule has 5 rings (SSSR count). The van der Waals surface area contributed by atoms with Crippen molar-refractivity contribution in [3.63, 3.8) is 0 Å². The number of esters is 1. The molecule has 0 bridgehead atoms. The molecule has 4 aliphatic heterocycles. The van der Waals surface area contributed by atoms with Crippen molar-refractivity contribution < 1.29 is 36.6 Å². The number of rotatable bonds is 2. The number of fused-ring (bicyclic) bond motifs is 1. The van der Waals surface area contributed by atoms with Gasteiger partial charge in [-0.2, -0.15) is 23.8 Å². The van der Waals surface area contributed by atoms with E-state index in [9.17, 15) is 31.9 Å². The molecule has 1 aromatic rings. The second kappa shape index (κ2) is 9.04. The average Bonchev–Trinajstić information content (AvgIpc) is 3.07. The maximum absolute atomic E-state index is 13.7. The molecule has 0 aromatic heterocycles. The van der Waals surface area contributed by atoms with Gasteiger partial charge in [-0.25, -0.2) is 4.79 Å². The largest absolute Gasteiger partial charge is 0.450 e. The van der Waals surface area contributed by atoms with Gasteiger partial charge in [0.15, 0.2) is 0 Å². The van der Waals surface area contributed by atoms with Crippen molar-refractivity contribution in [3.05, 3.63) is 46.0 Å². The van der Waals surface area contributed by atoms with Crippen LogP contribution < -0.4 is 0 Å². The lowest BCUT2D eigenvalue weighted by Crippen LogP contribution is -2.53. The van der Waals surface area contributed by atoms with Crippen LogP contribution in [0.4, 0.5) is 13.2 Å². The smallest absolute Gasteiger partial charge is 0.416 e. The fourth-order valence-corrected chi connectivity index (χ4v) is 7.54. The van der Waals surface area contributed by atoms with E-state index in [2.05, 4.69) is 4.90 Å². The molecule has 2 fully saturated rings. The van der Waals surface area contributed by atoms with E-state index in [1.807, 2.05) is 0 Å². The number of ether oxygens (including phenoxy) is 1. The van der Waals surface area contributed by atoms with Crippen LogP contribution in [0.2, 0.25) is 0 Å². The number of hydrogen-bond donors (Lipinski definition) is 2. The Balaban J connectivity index is 1.32. The van der Waals surface area contributed by atoms with E-state index in [1.165, 1.54) is 11.0 Å². The van der Waals surface area contributed by atoms with Crippen molar-refractivity contribution in [3.8, 4) is 0 Å². The zero-order valence-electron chi connectivity index (χ0n) is 20.1. The van der Waals surface area contributed by atoms with Crippen molar-refractivity contribution in [2.45, 2.75) is 63.4 Å². The van der Waals surface area contributed by atoms with Crippen LogP contribution in [0.5, 0.6) is 0 Å². The summed E-state index contributed by atoms with van der Waals surface area (Å²) in [5.74, 6) is -0.0794. The van der Waals surface area contributed by atoms with E-state index in [0.717, 1.165) is 17.7 Å². The molecule has 198 valence electrons. The van der Waals surface area contributed by atoms with Gasteiger partial charge in [0.2, 0.25) is 0 Å². The average molecular weight is 529 g/mol. The number of carbonyl (C=O) groups is 2. The van der Waals surface area contributed by atoms with Crippen LogP contribution >= 0.6 is 10.6 Å². The van der Waals surface area contributed by atoms with E-state index in [4.69, 9.17) is 4.74 Å². The minimum Gasteiger partial charge on any atom is -0.450 e. The van der Waals surface area contributed by atoms with Crippen molar-refractivity contribution in [2.75, 3.05) is 31.1 Å². The molecular weight excluding hydrogens is 497 g/mol. The Bertz CT molecular complexity index is 1100. The number of benzene rings is 1. The van der Waals surface area contributed by atoms with Crippen LogP contribution in [0, 0.1) is 0 Å². The monoisotopic (exact) mass is 528 g/mol. The first-order chi connectivity index (χ1) is 16.9. The lowest BCUT2D eigenvalue weighted by atomic mass is 9.81. The SMILES string of the molecule is CC1=C(C(=O)N2CCc3ccc(C(F)(F)F)cc3C2)C2(CCN(C3CCS(O)(O)CC3)CC2)OC1=O. The van der Waals surface area contributed by atoms with E-state index in [0.29, 0.717) is 74.4 Å². The molecular formula is C25H31F3N2O5S. The van der Waals surface area contributed by atoms with E-state index in [-0.39, 0.29) is 24.1 Å². The molecule has 4 aliphatic rings. The van der Waals surface area contributed by atoms with Gasteiger partial charge in [0.25, 0.3) is 5.91 Å². The molecule has 1 spiro atoms. The highest BCUT2D eigenvalue weighted by atomic mass is 32.3. The Morgan fingerprint density at radius 2 is 1.78 bits per heavy atom. The van der Waals surface area contributed by atoms with Crippen molar-refractivity contribution in [1.82, 2.24) is 9.80 Å². The number of piperidine rings is 1. The van der Waals surface area contributed by atoms with Gasteiger partial charge in [0.05, 0.1) is 11.1 Å². The molecule has 11 heteroatoms. The molecule has 0 unspecified atom stereocenters. The zero-order chi connectivity index (χ0) is 25.9. The Kier molecular flexibility index (Phi) is 6.42. The summed E-state index contributed by atoms with van der Waals surface area (Å²) in [6.45, 7) is 3.22. The lowest BCUT2D eigenvalue weighted by Gasteiger charge is -2.47. The van der Waals surface area contributed by atoms with Crippen LogP contribution in [-0.2, 0) is 33.5 Å². The maximum Gasteiger partial charge on any atom is 0.416 e. The van der Waals surface area contributed by atoms with Crippen LogP contribution in [-0.4, -0.2) is 73.6 Å². The maximum atomic E-state index is 13.7. The summed E-state index contributed by atoms with van der Waals surface area (Å²) in [4.78, 5) is 30.1. The van der Waals surface area contributed by atoms with E-state index < -0.39 is 33.9 Å². The quantitative estimate of drug-likeness (QED) is 0.559. The van der Waals surface area contributed by atoms with Gasteiger partial charge in [-0.3, -0.25) is 18.8 Å². The molecule has 36 heavy (non-hydrogen) atoms. The first-order valence-electron chi connectivity index (χ1n) is 12.3. The predicted molar refractivity (Wildman–Crippen MR) is 128 cm³/mol. The minimum atomic E-state index is -4.46. The van der Waals surface area contributed by atoms with Gasteiger partial charge in [0, 0.05) is 62.1 Å². The van der Waals surface area contributed by atoms with E-state index in [1.54, 1.807) is 6.92 Å². The molecule has 2 N–H and O–H groups in total. The van der Waals surface area contributed by atoms with Crippen molar-refractivity contribution >= 4 is 22.5 Å². The zero-order valence-corrected chi connectivity index (χ0v) is 21.0. The van der Waals surface area contributed by atoms with Gasteiger partial charge >= 0.3 is 12.1 Å². The predicted octanol–water partition coefficient (Wildman–Crippen LogP) is 4.21. The summed E-state index contributed by atoms with van der Waals surface area (Å²) in [6, 6.07) is 3.89. The summed E-state index contributed by atoms with van der Waals surface area (Å²) in [7, 11) is -2.47. The van der Waals surface area contributed by atoms with Crippen LogP contribution in [0.15, 0.2) is 29.3 Å². The van der Waals surface area contributed by atoms with Gasteiger partial charge < -0.3 is 9.64 Å². The molecule has 7 nitrogen and oxygen atoms in total. The summed E-state index contributed by atoms with van der Waals surface area (Å²) >= 11 is 0. The molecule has 0 aliphatic carbocycles. The van der Waals surface area contributed by atoms with Crippen molar-refractivity contribution in [2.24, 2.45) is 0 Å². The molecule has 4 heterocycles. The van der Waals surface area contributed by atoms with Crippen LogP contribution in [0.25, 0.3) is 0 Å². The Hall–Kier alpha value is -2.08. The highest BCUT2D eigenvalue weighted by molar-refractivity contribution is 8.24. The van der Waals surface area contributed by atoms with Gasteiger partial charge in [0.1, 0.15) is 5.60 Å². The third-order valence-electron chi connectivity index (χ3n) is 8.15. The Morgan fingerprint density at radius 3 is 2.42 bits per heavy atom. The Labute approximate surface area is 209 Å². The summed E-state index contributed by atoms with van der Waals surface area (Å²) in [5.41, 5.74) is 0.109. The topological polar surface area (TPSA) is 90.3 Å². The molecule has 0 radical (unpaired) electrons. The normalized spacial score (nSPS) is 25.6. The number of hydrogen-bond acceptors (Lipinski definition) is 6. The van der Waals surface area contributed by atoms with Gasteiger partial charge in [-0.1, -0.05) is 6.07 Å². The number of amides is 1.